The summed E-state index contributed by atoms with van der Waals surface area (Å²) in [4.78, 5) is 15.3. The molecule has 0 radical (unpaired) electrons. The maximum Gasteiger partial charge on any atom is 0.307 e. The third kappa shape index (κ3) is 3.20. The average Bonchev–Trinajstić information content (AvgIpc) is 2.93. The summed E-state index contributed by atoms with van der Waals surface area (Å²) < 4.78 is 6.36. The van der Waals surface area contributed by atoms with Gasteiger partial charge in [-0.25, -0.2) is 4.98 Å². The number of benzene rings is 1. The summed E-state index contributed by atoms with van der Waals surface area (Å²) in [6.07, 6.45) is 2.80. The molecule has 5 nitrogen and oxygen atoms in total. The summed E-state index contributed by atoms with van der Waals surface area (Å²) in [5.41, 5.74) is 0.771. The van der Waals surface area contributed by atoms with Gasteiger partial charge in [0.15, 0.2) is 0 Å². The van der Waals surface area contributed by atoms with E-state index in [2.05, 4.69) is 9.72 Å². The maximum atomic E-state index is 11.1. The number of aliphatic hydroxyl groups excluding tert-OH is 1. The quantitative estimate of drug-likeness (QED) is 0.828. The summed E-state index contributed by atoms with van der Waals surface area (Å²) in [5.74, 6) is 0.240. The van der Waals surface area contributed by atoms with Crippen LogP contribution in [0.3, 0.4) is 0 Å². The average molecular weight is 260 g/mol. The molecule has 100 valence electrons. The predicted octanol–water partition coefficient (Wildman–Crippen LogP) is 1.53. The smallest absolute Gasteiger partial charge is 0.307 e. The molecule has 0 saturated carbocycles. The molecular weight excluding hydrogens is 244 g/mol. The third-order valence-corrected chi connectivity index (χ3v) is 2.89. The van der Waals surface area contributed by atoms with Crippen molar-refractivity contribution >= 4 is 5.97 Å². The van der Waals surface area contributed by atoms with Gasteiger partial charge in [0.2, 0.25) is 0 Å². The standard InChI is InChI=1S/C14H16N2O3/c1-19-12(17)7-9-16-10-8-15-14(16)13(18)11-5-3-2-4-6-11/h2-6,8,10,13,18H,7,9H2,1H3. The molecule has 1 aromatic heterocycles. The molecule has 1 unspecified atom stereocenters. The van der Waals surface area contributed by atoms with Crippen LogP contribution >= 0.6 is 0 Å². The van der Waals surface area contributed by atoms with Crippen LogP contribution in [0.25, 0.3) is 0 Å². The number of nitrogens with zero attached hydrogens (tertiary/aromatic N) is 2. The molecule has 0 saturated heterocycles. The van der Waals surface area contributed by atoms with E-state index in [-0.39, 0.29) is 12.4 Å². The molecule has 2 rings (SSSR count). The van der Waals surface area contributed by atoms with Crippen molar-refractivity contribution in [3.8, 4) is 0 Å². The Morgan fingerprint density at radius 1 is 1.42 bits per heavy atom. The normalized spacial score (nSPS) is 12.1. The first-order valence-corrected chi connectivity index (χ1v) is 6.03. The number of carbonyl (C=O) groups excluding carboxylic acids is 1. The second-order valence-corrected chi connectivity index (χ2v) is 4.12. The van der Waals surface area contributed by atoms with Crippen molar-refractivity contribution in [1.29, 1.82) is 0 Å². The van der Waals surface area contributed by atoms with E-state index in [1.54, 1.807) is 17.0 Å². The number of aromatic nitrogens is 2. The maximum absolute atomic E-state index is 11.1. The molecule has 0 spiro atoms. The van der Waals surface area contributed by atoms with Crippen molar-refractivity contribution in [2.24, 2.45) is 0 Å². The highest BCUT2D eigenvalue weighted by molar-refractivity contribution is 5.68. The first-order chi connectivity index (χ1) is 9.22. The Labute approximate surface area is 111 Å². The number of rotatable bonds is 5. The van der Waals surface area contributed by atoms with Crippen LogP contribution in [0.1, 0.15) is 23.9 Å². The molecule has 0 aliphatic rings. The fourth-order valence-electron chi connectivity index (χ4n) is 1.86. The van der Waals surface area contributed by atoms with Gasteiger partial charge < -0.3 is 14.4 Å². The second-order valence-electron chi connectivity index (χ2n) is 4.12. The Balaban J connectivity index is 2.13. The molecule has 1 N–H and O–H groups in total. The summed E-state index contributed by atoms with van der Waals surface area (Å²) in [7, 11) is 1.36. The van der Waals surface area contributed by atoms with Crippen molar-refractivity contribution in [3.63, 3.8) is 0 Å². The van der Waals surface area contributed by atoms with E-state index in [0.29, 0.717) is 12.4 Å². The van der Waals surface area contributed by atoms with E-state index < -0.39 is 6.10 Å². The minimum absolute atomic E-state index is 0.251. The largest absolute Gasteiger partial charge is 0.469 e. The summed E-state index contributed by atoms with van der Waals surface area (Å²) in [6.45, 7) is 0.436. The van der Waals surface area contributed by atoms with Gasteiger partial charge >= 0.3 is 5.97 Å². The number of aliphatic hydroxyl groups is 1. The van der Waals surface area contributed by atoms with Gasteiger partial charge in [-0.2, -0.15) is 0 Å². The lowest BCUT2D eigenvalue weighted by Gasteiger charge is -2.13. The first kappa shape index (κ1) is 13.3. The van der Waals surface area contributed by atoms with Gasteiger partial charge in [-0.3, -0.25) is 4.79 Å². The van der Waals surface area contributed by atoms with Crippen molar-refractivity contribution in [2.75, 3.05) is 7.11 Å². The number of methoxy groups -OCH3 is 1. The van der Waals surface area contributed by atoms with Crippen LogP contribution in [0.4, 0.5) is 0 Å². The molecule has 0 aliphatic carbocycles. The number of esters is 1. The fourth-order valence-corrected chi connectivity index (χ4v) is 1.86. The lowest BCUT2D eigenvalue weighted by atomic mass is 10.1. The van der Waals surface area contributed by atoms with Crippen molar-refractivity contribution in [3.05, 3.63) is 54.1 Å². The molecular formula is C14H16N2O3. The Hall–Kier alpha value is -2.14. The highest BCUT2D eigenvalue weighted by Crippen LogP contribution is 2.20. The highest BCUT2D eigenvalue weighted by atomic mass is 16.5. The van der Waals surface area contributed by atoms with E-state index in [9.17, 15) is 9.90 Å². The SMILES string of the molecule is COC(=O)CCn1ccnc1C(O)c1ccccc1. The monoisotopic (exact) mass is 260 g/mol. The highest BCUT2D eigenvalue weighted by Gasteiger charge is 2.16. The zero-order chi connectivity index (χ0) is 13.7. The van der Waals surface area contributed by atoms with Crippen LogP contribution in [-0.4, -0.2) is 27.7 Å². The van der Waals surface area contributed by atoms with Crippen LogP contribution in [0.15, 0.2) is 42.7 Å². The number of hydrogen-bond acceptors (Lipinski definition) is 4. The van der Waals surface area contributed by atoms with E-state index >= 15 is 0 Å². The molecule has 0 amide bonds. The molecule has 0 aliphatic heterocycles. The Morgan fingerprint density at radius 3 is 2.84 bits per heavy atom. The van der Waals surface area contributed by atoms with Gasteiger partial charge in [0.25, 0.3) is 0 Å². The lowest BCUT2D eigenvalue weighted by Crippen LogP contribution is -2.12. The summed E-state index contributed by atoms with van der Waals surface area (Å²) in [6, 6.07) is 9.29. The zero-order valence-electron chi connectivity index (χ0n) is 10.7. The minimum Gasteiger partial charge on any atom is -0.469 e. The second kappa shape index (κ2) is 6.15. The fraction of sp³-hybridized carbons (Fsp3) is 0.286. The molecule has 1 atom stereocenters. The molecule has 1 heterocycles. The molecule has 1 aromatic carbocycles. The van der Waals surface area contributed by atoms with Crippen molar-refractivity contribution < 1.29 is 14.6 Å². The van der Waals surface area contributed by atoms with Gasteiger partial charge in [0, 0.05) is 18.9 Å². The number of ether oxygens (including phenoxy) is 1. The van der Waals surface area contributed by atoms with Crippen LogP contribution in [-0.2, 0) is 16.1 Å². The van der Waals surface area contributed by atoms with Crippen LogP contribution in [0.5, 0.6) is 0 Å². The summed E-state index contributed by atoms with van der Waals surface area (Å²) in [5, 5.41) is 10.3. The molecule has 5 heteroatoms. The van der Waals surface area contributed by atoms with E-state index in [1.807, 2.05) is 30.3 Å². The van der Waals surface area contributed by atoms with Gasteiger partial charge in [0.1, 0.15) is 11.9 Å². The minimum atomic E-state index is -0.797. The number of imidazole rings is 1. The van der Waals surface area contributed by atoms with Gasteiger partial charge in [-0.1, -0.05) is 30.3 Å². The number of hydrogen-bond donors (Lipinski definition) is 1. The van der Waals surface area contributed by atoms with Gasteiger partial charge in [-0.05, 0) is 5.56 Å². The van der Waals surface area contributed by atoms with E-state index in [0.717, 1.165) is 5.56 Å². The molecule has 0 fully saturated rings. The topological polar surface area (TPSA) is 64.4 Å². The van der Waals surface area contributed by atoms with Crippen LogP contribution < -0.4 is 0 Å². The Bertz CT molecular complexity index is 537. The predicted molar refractivity (Wildman–Crippen MR) is 69.4 cm³/mol. The lowest BCUT2D eigenvalue weighted by molar-refractivity contribution is -0.140. The van der Waals surface area contributed by atoms with E-state index in [4.69, 9.17) is 0 Å². The van der Waals surface area contributed by atoms with Crippen LogP contribution in [0.2, 0.25) is 0 Å². The Kier molecular flexibility index (Phi) is 4.30. The number of aryl methyl sites for hydroxylation is 1. The Morgan fingerprint density at radius 2 is 2.16 bits per heavy atom. The van der Waals surface area contributed by atoms with Crippen LogP contribution in [0, 0.1) is 0 Å². The number of carbonyl (C=O) groups is 1. The van der Waals surface area contributed by atoms with Gasteiger partial charge in [0.05, 0.1) is 13.5 Å². The molecule has 19 heavy (non-hydrogen) atoms. The molecule has 2 aromatic rings. The van der Waals surface area contributed by atoms with Crippen molar-refractivity contribution in [1.82, 2.24) is 9.55 Å². The first-order valence-electron chi connectivity index (χ1n) is 6.03. The van der Waals surface area contributed by atoms with Gasteiger partial charge in [-0.15, -0.1) is 0 Å². The third-order valence-electron chi connectivity index (χ3n) is 2.89. The van der Waals surface area contributed by atoms with Crippen molar-refractivity contribution in [2.45, 2.75) is 19.1 Å². The molecule has 0 bridgehead atoms. The zero-order valence-corrected chi connectivity index (χ0v) is 10.7. The summed E-state index contributed by atoms with van der Waals surface area (Å²) >= 11 is 0. The van der Waals surface area contributed by atoms with E-state index in [1.165, 1.54) is 7.11 Å².